The van der Waals surface area contributed by atoms with E-state index < -0.39 is 0 Å². The smallest absolute Gasteiger partial charge is 0.0804 e. The van der Waals surface area contributed by atoms with E-state index in [0.717, 1.165) is 39.0 Å². The van der Waals surface area contributed by atoms with Crippen molar-refractivity contribution in [3.05, 3.63) is 77.4 Å². The van der Waals surface area contributed by atoms with Gasteiger partial charge in [-0.15, -0.1) is 0 Å². The Morgan fingerprint density at radius 1 is 1.00 bits per heavy atom. The molecule has 0 amide bonds. The molecule has 1 aliphatic heterocycles. The molecule has 0 aromatic heterocycles. The Kier molecular flexibility index (Phi) is 7.01. The molecular formula is C27H35N3. The number of benzene rings is 2. The van der Waals surface area contributed by atoms with E-state index in [4.69, 9.17) is 5.10 Å². The van der Waals surface area contributed by atoms with E-state index in [2.05, 4.69) is 90.5 Å². The molecule has 1 heterocycles. The topological polar surface area (TPSA) is 18.8 Å². The molecule has 0 bridgehead atoms. The van der Waals surface area contributed by atoms with Crippen LogP contribution in [0.5, 0.6) is 0 Å². The van der Waals surface area contributed by atoms with Crippen LogP contribution in [-0.2, 0) is 0 Å². The summed E-state index contributed by atoms with van der Waals surface area (Å²) < 4.78 is 0. The molecule has 3 nitrogen and oxygen atoms in total. The van der Waals surface area contributed by atoms with Crippen molar-refractivity contribution in [2.24, 2.45) is 11.0 Å². The fourth-order valence-corrected chi connectivity index (χ4v) is 5.01. The Hall–Kier alpha value is -2.39. The molecule has 158 valence electrons. The highest BCUT2D eigenvalue weighted by molar-refractivity contribution is 6.07. The van der Waals surface area contributed by atoms with Gasteiger partial charge in [0.25, 0.3) is 0 Å². The van der Waals surface area contributed by atoms with Gasteiger partial charge in [-0.1, -0.05) is 74.5 Å². The zero-order valence-electron chi connectivity index (χ0n) is 18.5. The van der Waals surface area contributed by atoms with Gasteiger partial charge in [-0.3, -0.25) is 5.01 Å². The molecule has 0 N–H and O–H groups in total. The van der Waals surface area contributed by atoms with Gasteiger partial charge in [-0.25, -0.2) is 0 Å². The van der Waals surface area contributed by atoms with Gasteiger partial charge in [0.15, 0.2) is 0 Å². The van der Waals surface area contributed by atoms with Crippen molar-refractivity contribution in [3.8, 4) is 0 Å². The summed E-state index contributed by atoms with van der Waals surface area (Å²) in [5.41, 5.74) is 5.46. The predicted molar refractivity (Wildman–Crippen MR) is 127 cm³/mol. The van der Waals surface area contributed by atoms with Crippen molar-refractivity contribution in [1.29, 1.82) is 0 Å². The Morgan fingerprint density at radius 3 is 2.40 bits per heavy atom. The second-order valence-corrected chi connectivity index (χ2v) is 8.46. The largest absolute Gasteiger partial charge is 0.304 e. The van der Waals surface area contributed by atoms with E-state index in [1.807, 2.05) is 0 Å². The van der Waals surface area contributed by atoms with E-state index in [0.29, 0.717) is 12.0 Å². The lowest BCUT2D eigenvalue weighted by atomic mass is 9.77. The van der Waals surface area contributed by atoms with Crippen LogP contribution in [0.15, 0.2) is 71.3 Å². The van der Waals surface area contributed by atoms with Crippen molar-refractivity contribution in [3.63, 3.8) is 0 Å². The molecule has 0 radical (unpaired) electrons. The molecule has 1 fully saturated rings. The van der Waals surface area contributed by atoms with Crippen LogP contribution in [0.2, 0.25) is 0 Å². The van der Waals surface area contributed by atoms with Crippen molar-refractivity contribution in [1.82, 2.24) is 9.91 Å². The minimum atomic E-state index is 0.373. The van der Waals surface area contributed by atoms with Gasteiger partial charge in [0.2, 0.25) is 0 Å². The van der Waals surface area contributed by atoms with Crippen LogP contribution in [0.4, 0.5) is 0 Å². The molecule has 1 aliphatic carbocycles. The van der Waals surface area contributed by atoms with Gasteiger partial charge in [-0.05, 0) is 68.1 Å². The lowest BCUT2D eigenvalue weighted by molar-refractivity contribution is 0.181. The molecule has 0 spiro atoms. The molecule has 2 aliphatic rings. The number of hydrogen-bond acceptors (Lipinski definition) is 3. The van der Waals surface area contributed by atoms with Crippen LogP contribution in [0.3, 0.4) is 0 Å². The van der Waals surface area contributed by atoms with E-state index >= 15 is 0 Å². The van der Waals surface area contributed by atoms with Gasteiger partial charge in [0, 0.05) is 12.5 Å². The van der Waals surface area contributed by atoms with Crippen molar-refractivity contribution < 1.29 is 0 Å². The minimum absolute atomic E-state index is 0.373. The number of hydrogen-bond donors (Lipinski definition) is 0. The van der Waals surface area contributed by atoms with Crippen molar-refractivity contribution >= 4 is 11.8 Å². The summed E-state index contributed by atoms with van der Waals surface area (Å²) >= 11 is 0. The van der Waals surface area contributed by atoms with E-state index in [-0.39, 0.29) is 0 Å². The Bertz CT molecular complexity index is 852. The van der Waals surface area contributed by atoms with Crippen LogP contribution in [-0.4, -0.2) is 41.8 Å². The van der Waals surface area contributed by atoms with Gasteiger partial charge in [0.05, 0.1) is 11.8 Å². The fourth-order valence-electron chi connectivity index (χ4n) is 5.01. The maximum Gasteiger partial charge on any atom is 0.0804 e. The predicted octanol–water partition coefficient (Wildman–Crippen LogP) is 6.01. The fraction of sp³-hybridized carbons (Fsp3) is 0.444. The van der Waals surface area contributed by atoms with Crippen molar-refractivity contribution in [2.75, 3.05) is 26.2 Å². The van der Waals surface area contributed by atoms with Gasteiger partial charge in [0.1, 0.15) is 0 Å². The van der Waals surface area contributed by atoms with Gasteiger partial charge < -0.3 is 4.90 Å². The van der Waals surface area contributed by atoms with E-state index in [9.17, 15) is 0 Å². The summed E-state index contributed by atoms with van der Waals surface area (Å²) in [6.07, 6.45) is 7.15. The summed E-state index contributed by atoms with van der Waals surface area (Å²) in [5, 5.41) is 7.66. The first kappa shape index (κ1) is 20.9. The molecule has 2 atom stereocenters. The molecule has 30 heavy (non-hydrogen) atoms. The molecule has 3 heteroatoms. The zero-order valence-corrected chi connectivity index (χ0v) is 18.5. The average Bonchev–Trinajstić information content (AvgIpc) is 3.17. The SMILES string of the molecule is CCN(CC)CCCN1N=C2/C(=C\c3ccccc3)CCCC2C1c1ccccc1. The second-order valence-electron chi connectivity index (χ2n) is 8.46. The Balaban J connectivity index is 1.59. The Labute approximate surface area is 182 Å². The highest BCUT2D eigenvalue weighted by Crippen LogP contribution is 2.44. The number of allylic oxidation sites excluding steroid dienone is 1. The molecule has 2 aromatic rings. The molecule has 2 aromatic carbocycles. The number of rotatable bonds is 8. The van der Waals surface area contributed by atoms with Gasteiger partial charge in [-0.2, -0.15) is 5.10 Å². The third-order valence-electron chi connectivity index (χ3n) is 6.62. The van der Waals surface area contributed by atoms with Crippen LogP contribution in [0.1, 0.15) is 56.7 Å². The standard InChI is InChI=1S/C27H35N3/c1-3-29(4-2)19-12-20-30-27(23-15-9-6-10-16-23)25-18-11-17-24(26(25)28-30)21-22-13-7-5-8-14-22/h5-10,13-16,21,25,27H,3-4,11-12,17-20H2,1-2H3/b24-21-. The van der Waals surface area contributed by atoms with Gasteiger partial charge >= 0.3 is 0 Å². The van der Waals surface area contributed by atoms with Crippen LogP contribution < -0.4 is 0 Å². The highest BCUT2D eigenvalue weighted by Gasteiger charge is 2.40. The highest BCUT2D eigenvalue weighted by atomic mass is 15.5. The second kappa shape index (κ2) is 10.1. The van der Waals surface area contributed by atoms with Crippen molar-refractivity contribution in [2.45, 2.75) is 45.6 Å². The normalized spacial score (nSPS) is 22.4. The maximum absolute atomic E-state index is 5.26. The quantitative estimate of drug-likeness (QED) is 0.539. The first-order valence-corrected chi connectivity index (χ1v) is 11.7. The van der Waals surface area contributed by atoms with E-state index in [1.165, 1.54) is 35.3 Å². The molecule has 4 rings (SSSR count). The maximum atomic E-state index is 5.26. The monoisotopic (exact) mass is 401 g/mol. The lowest BCUT2D eigenvalue weighted by Gasteiger charge is -2.31. The molecule has 1 saturated carbocycles. The first-order chi connectivity index (χ1) is 14.8. The number of hydrazone groups is 1. The third kappa shape index (κ3) is 4.67. The number of fused-ring (bicyclic) bond motifs is 1. The summed E-state index contributed by atoms with van der Waals surface area (Å²) in [4.78, 5) is 2.51. The zero-order chi connectivity index (χ0) is 20.8. The number of nitrogens with zero attached hydrogens (tertiary/aromatic N) is 3. The van der Waals surface area contributed by atoms with Crippen LogP contribution in [0.25, 0.3) is 6.08 Å². The van der Waals surface area contributed by atoms with Crippen LogP contribution >= 0.6 is 0 Å². The molecule has 0 saturated heterocycles. The summed E-state index contributed by atoms with van der Waals surface area (Å²) in [6.45, 7) is 8.92. The third-order valence-corrected chi connectivity index (χ3v) is 6.62. The summed E-state index contributed by atoms with van der Waals surface area (Å²) in [7, 11) is 0. The average molecular weight is 402 g/mol. The molecule has 2 unspecified atom stereocenters. The van der Waals surface area contributed by atoms with E-state index in [1.54, 1.807) is 0 Å². The summed E-state index contributed by atoms with van der Waals surface area (Å²) in [5.74, 6) is 0.504. The Morgan fingerprint density at radius 2 is 1.70 bits per heavy atom. The summed E-state index contributed by atoms with van der Waals surface area (Å²) in [6, 6.07) is 22.1. The minimum Gasteiger partial charge on any atom is -0.304 e. The van der Waals surface area contributed by atoms with Crippen LogP contribution in [0, 0.1) is 5.92 Å². The molecular weight excluding hydrogens is 366 g/mol. The first-order valence-electron chi connectivity index (χ1n) is 11.7. The lowest BCUT2D eigenvalue weighted by Crippen LogP contribution is -2.31.